The van der Waals surface area contributed by atoms with Crippen molar-refractivity contribution in [3.05, 3.63) is 21.4 Å². The Morgan fingerprint density at radius 2 is 2.33 bits per heavy atom. The molecule has 1 rings (SSSR count). The van der Waals surface area contributed by atoms with Crippen molar-refractivity contribution in [3.8, 4) is 0 Å². The van der Waals surface area contributed by atoms with Gasteiger partial charge in [0, 0.05) is 5.70 Å². The van der Waals surface area contributed by atoms with Crippen LogP contribution in [-0.4, -0.2) is 0 Å². The summed E-state index contributed by atoms with van der Waals surface area (Å²) < 4.78 is 1.40. The second kappa shape index (κ2) is 2.73. The standard InChI is InChI=1S/C7H10IN/c1-5-4-6(9)2-3-7(5)8/h2-3,5H,4,9H2,1H3. The van der Waals surface area contributed by atoms with E-state index in [0.29, 0.717) is 5.92 Å². The lowest BCUT2D eigenvalue weighted by atomic mass is 10.0. The fourth-order valence-electron chi connectivity index (χ4n) is 0.870. The van der Waals surface area contributed by atoms with Crippen LogP contribution in [0, 0.1) is 5.92 Å². The van der Waals surface area contributed by atoms with Gasteiger partial charge in [0.15, 0.2) is 0 Å². The van der Waals surface area contributed by atoms with Crippen LogP contribution in [0.1, 0.15) is 13.3 Å². The molecule has 2 heteroatoms. The lowest BCUT2D eigenvalue weighted by Crippen LogP contribution is -2.07. The molecule has 0 aromatic carbocycles. The minimum absolute atomic E-state index is 0.635. The SMILES string of the molecule is CC1CC(N)=CC=C1I. The van der Waals surface area contributed by atoms with Gasteiger partial charge < -0.3 is 5.73 Å². The van der Waals surface area contributed by atoms with E-state index in [1.54, 1.807) is 0 Å². The minimum atomic E-state index is 0.635. The molecular formula is C7H10IN. The monoisotopic (exact) mass is 235 g/mol. The van der Waals surface area contributed by atoms with Crippen LogP contribution in [0.2, 0.25) is 0 Å². The van der Waals surface area contributed by atoms with Crippen molar-refractivity contribution in [3.63, 3.8) is 0 Å². The van der Waals surface area contributed by atoms with Crippen molar-refractivity contribution in [2.45, 2.75) is 13.3 Å². The Bertz CT molecular complexity index is 170. The highest BCUT2D eigenvalue weighted by Gasteiger charge is 2.09. The molecule has 0 heterocycles. The molecule has 1 unspecified atom stereocenters. The maximum atomic E-state index is 5.60. The molecule has 0 radical (unpaired) electrons. The molecule has 1 atom stereocenters. The molecule has 0 aliphatic heterocycles. The van der Waals surface area contributed by atoms with Crippen LogP contribution in [0.3, 0.4) is 0 Å². The maximum Gasteiger partial charge on any atom is 0.00869 e. The molecular weight excluding hydrogens is 225 g/mol. The van der Waals surface area contributed by atoms with Crippen molar-refractivity contribution in [2.24, 2.45) is 11.7 Å². The first kappa shape index (κ1) is 7.12. The van der Waals surface area contributed by atoms with Crippen LogP contribution in [0.15, 0.2) is 21.4 Å². The zero-order valence-electron chi connectivity index (χ0n) is 5.39. The van der Waals surface area contributed by atoms with Crippen LogP contribution >= 0.6 is 22.6 Å². The Kier molecular flexibility index (Phi) is 2.16. The van der Waals surface area contributed by atoms with Crippen LogP contribution in [0.25, 0.3) is 0 Å². The van der Waals surface area contributed by atoms with Crippen LogP contribution in [0.5, 0.6) is 0 Å². The number of hydrogen-bond donors (Lipinski definition) is 1. The molecule has 0 bridgehead atoms. The van der Waals surface area contributed by atoms with Gasteiger partial charge in [-0.05, 0) is 44.6 Å². The third-order valence-corrected chi connectivity index (χ3v) is 2.89. The van der Waals surface area contributed by atoms with Crippen molar-refractivity contribution < 1.29 is 0 Å². The Labute approximate surface area is 69.1 Å². The summed E-state index contributed by atoms with van der Waals surface area (Å²) in [6.07, 6.45) is 5.10. The first-order valence-corrected chi connectivity index (χ1v) is 4.09. The van der Waals surface area contributed by atoms with Gasteiger partial charge in [-0.15, -0.1) is 0 Å². The van der Waals surface area contributed by atoms with Gasteiger partial charge in [0.05, 0.1) is 0 Å². The maximum absolute atomic E-state index is 5.60. The Balaban J connectivity index is 2.74. The van der Waals surface area contributed by atoms with E-state index < -0.39 is 0 Å². The Morgan fingerprint density at radius 1 is 1.67 bits per heavy atom. The summed E-state index contributed by atoms with van der Waals surface area (Å²) in [5, 5.41) is 0. The van der Waals surface area contributed by atoms with Crippen LogP contribution < -0.4 is 5.73 Å². The van der Waals surface area contributed by atoms with Gasteiger partial charge in [0.2, 0.25) is 0 Å². The molecule has 0 saturated heterocycles. The molecule has 1 aliphatic rings. The van der Waals surface area contributed by atoms with E-state index in [-0.39, 0.29) is 0 Å². The molecule has 0 amide bonds. The second-order valence-electron chi connectivity index (χ2n) is 2.40. The van der Waals surface area contributed by atoms with Crippen molar-refractivity contribution >= 4 is 22.6 Å². The zero-order chi connectivity index (χ0) is 6.85. The van der Waals surface area contributed by atoms with E-state index in [4.69, 9.17) is 5.73 Å². The van der Waals surface area contributed by atoms with Gasteiger partial charge in [0.1, 0.15) is 0 Å². The average Bonchev–Trinajstić information content (AvgIpc) is 1.80. The molecule has 0 saturated carbocycles. The summed E-state index contributed by atoms with van der Waals surface area (Å²) in [6.45, 7) is 2.19. The number of nitrogens with two attached hydrogens (primary N) is 1. The zero-order valence-corrected chi connectivity index (χ0v) is 7.55. The molecule has 1 aliphatic carbocycles. The average molecular weight is 235 g/mol. The molecule has 0 aromatic rings. The lowest BCUT2D eigenvalue weighted by Gasteiger charge is -2.14. The van der Waals surface area contributed by atoms with Gasteiger partial charge >= 0.3 is 0 Å². The van der Waals surface area contributed by atoms with Gasteiger partial charge in [-0.3, -0.25) is 0 Å². The first-order chi connectivity index (χ1) is 4.20. The number of halogens is 1. The predicted molar refractivity (Wildman–Crippen MR) is 48.2 cm³/mol. The van der Waals surface area contributed by atoms with Crippen LogP contribution in [0.4, 0.5) is 0 Å². The fraction of sp³-hybridized carbons (Fsp3) is 0.429. The number of allylic oxidation sites excluding steroid dienone is 4. The van der Waals surface area contributed by atoms with Gasteiger partial charge in [-0.2, -0.15) is 0 Å². The Morgan fingerprint density at radius 3 is 2.78 bits per heavy atom. The summed E-state index contributed by atoms with van der Waals surface area (Å²) >= 11 is 2.35. The van der Waals surface area contributed by atoms with E-state index in [9.17, 15) is 0 Å². The van der Waals surface area contributed by atoms with Crippen molar-refractivity contribution in [1.82, 2.24) is 0 Å². The van der Waals surface area contributed by atoms with Crippen LogP contribution in [-0.2, 0) is 0 Å². The summed E-state index contributed by atoms with van der Waals surface area (Å²) in [4.78, 5) is 0. The fourth-order valence-corrected chi connectivity index (χ4v) is 1.27. The third-order valence-electron chi connectivity index (χ3n) is 1.47. The van der Waals surface area contributed by atoms with E-state index in [1.807, 2.05) is 6.08 Å². The van der Waals surface area contributed by atoms with E-state index >= 15 is 0 Å². The minimum Gasteiger partial charge on any atom is -0.402 e. The molecule has 0 fully saturated rings. The second-order valence-corrected chi connectivity index (χ2v) is 3.64. The number of hydrogen-bond acceptors (Lipinski definition) is 1. The highest BCUT2D eigenvalue weighted by molar-refractivity contribution is 14.1. The van der Waals surface area contributed by atoms with E-state index in [0.717, 1.165) is 12.1 Å². The summed E-state index contributed by atoms with van der Waals surface area (Å²) in [6, 6.07) is 0. The van der Waals surface area contributed by atoms with E-state index in [2.05, 4.69) is 35.6 Å². The molecule has 50 valence electrons. The quantitative estimate of drug-likeness (QED) is 0.640. The topological polar surface area (TPSA) is 26.0 Å². The third kappa shape index (κ3) is 1.71. The normalized spacial score (nSPS) is 27.1. The molecule has 0 spiro atoms. The number of rotatable bonds is 0. The Hall–Kier alpha value is 0.01000. The van der Waals surface area contributed by atoms with Gasteiger partial charge in [-0.1, -0.05) is 13.0 Å². The van der Waals surface area contributed by atoms with Crippen molar-refractivity contribution in [2.75, 3.05) is 0 Å². The first-order valence-electron chi connectivity index (χ1n) is 3.02. The smallest absolute Gasteiger partial charge is 0.00869 e. The molecule has 1 nitrogen and oxygen atoms in total. The predicted octanol–water partition coefficient (Wildman–Crippen LogP) is 2.19. The summed E-state index contributed by atoms with van der Waals surface area (Å²) in [7, 11) is 0. The largest absolute Gasteiger partial charge is 0.402 e. The lowest BCUT2D eigenvalue weighted by molar-refractivity contribution is 0.696. The van der Waals surface area contributed by atoms with Gasteiger partial charge in [-0.25, -0.2) is 0 Å². The molecule has 2 N–H and O–H groups in total. The molecule has 0 aromatic heterocycles. The highest BCUT2D eigenvalue weighted by Crippen LogP contribution is 2.26. The van der Waals surface area contributed by atoms with E-state index in [1.165, 1.54) is 3.58 Å². The highest BCUT2D eigenvalue weighted by atomic mass is 127. The van der Waals surface area contributed by atoms with Gasteiger partial charge in [0.25, 0.3) is 0 Å². The molecule has 9 heavy (non-hydrogen) atoms. The summed E-state index contributed by atoms with van der Waals surface area (Å²) in [5.41, 5.74) is 6.60. The summed E-state index contributed by atoms with van der Waals surface area (Å²) in [5.74, 6) is 0.635. The van der Waals surface area contributed by atoms with Crippen molar-refractivity contribution in [1.29, 1.82) is 0 Å².